The number of hydrogen-bond acceptors (Lipinski definition) is 4. The van der Waals surface area contributed by atoms with Crippen molar-refractivity contribution >= 4 is 23.5 Å². The number of carbonyl (C=O) groups excluding carboxylic acids is 1. The zero-order valence-corrected chi connectivity index (χ0v) is 17.4. The summed E-state index contributed by atoms with van der Waals surface area (Å²) in [4.78, 5) is 22.1. The first-order valence-electron chi connectivity index (χ1n) is 9.60. The maximum Gasteiger partial charge on any atom is 0.243 e. The van der Waals surface area contributed by atoms with Gasteiger partial charge in [0.2, 0.25) is 5.91 Å². The van der Waals surface area contributed by atoms with Crippen LogP contribution in [0, 0.1) is 0 Å². The van der Waals surface area contributed by atoms with Crippen molar-refractivity contribution in [3.8, 4) is 5.75 Å². The van der Waals surface area contributed by atoms with Gasteiger partial charge in [0.1, 0.15) is 17.4 Å². The topological polar surface area (TPSA) is 78.9 Å². The van der Waals surface area contributed by atoms with E-state index in [-0.39, 0.29) is 18.5 Å². The second-order valence-corrected chi connectivity index (χ2v) is 7.38. The lowest BCUT2D eigenvalue weighted by molar-refractivity contribution is -0.127. The summed E-state index contributed by atoms with van der Waals surface area (Å²) in [6, 6.07) is 11.8. The summed E-state index contributed by atoms with van der Waals surface area (Å²) in [7, 11) is 3.45. The van der Waals surface area contributed by atoms with Crippen molar-refractivity contribution in [2.24, 2.45) is 4.99 Å². The molecule has 7 nitrogen and oxygen atoms in total. The monoisotopic (exact) mass is 415 g/mol. The molecule has 3 rings (SSSR count). The summed E-state index contributed by atoms with van der Waals surface area (Å²) in [5, 5.41) is 7.25. The highest BCUT2D eigenvalue weighted by Crippen LogP contribution is 2.31. The van der Waals surface area contributed by atoms with Crippen LogP contribution in [0.25, 0.3) is 0 Å². The van der Waals surface area contributed by atoms with Crippen molar-refractivity contribution in [1.82, 2.24) is 20.5 Å². The molecule has 29 heavy (non-hydrogen) atoms. The molecule has 0 aliphatic carbocycles. The van der Waals surface area contributed by atoms with E-state index in [9.17, 15) is 4.79 Å². The molecule has 0 spiro atoms. The molecule has 0 bridgehead atoms. The van der Waals surface area contributed by atoms with Gasteiger partial charge in [-0.15, -0.1) is 0 Å². The van der Waals surface area contributed by atoms with E-state index in [1.807, 2.05) is 30.3 Å². The minimum atomic E-state index is -0.0552. The smallest absolute Gasteiger partial charge is 0.243 e. The Balaban J connectivity index is 1.67. The average Bonchev–Trinajstić information content (AvgIpc) is 2.73. The molecule has 1 aromatic carbocycles. The van der Waals surface area contributed by atoms with Crippen LogP contribution in [0.5, 0.6) is 5.75 Å². The predicted octanol–water partition coefficient (Wildman–Crippen LogP) is 2.42. The molecule has 0 saturated carbocycles. The Morgan fingerprint density at radius 3 is 2.90 bits per heavy atom. The average molecular weight is 416 g/mol. The van der Waals surface area contributed by atoms with E-state index in [0.717, 1.165) is 29.7 Å². The number of pyridine rings is 1. The molecule has 1 aromatic heterocycles. The second-order valence-electron chi connectivity index (χ2n) is 6.99. The lowest BCUT2D eigenvalue weighted by Gasteiger charge is -2.28. The van der Waals surface area contributed by atoms with E-state index >= 15 is 0 Å². The van der Waals surface area contributed by atoms with Gasteiger partial charge in [-0.1, -0.05) is 35.9 Å². The van der Waals surface area contributed by atoms with E-state index in [0.29, 0.717) is 24.3 Å². The number of aliphatic imine (C=N–C) groups is 1. The van der Waals surface area contributed by atoms with Gasteiger partial charge in [-0.05, 0) is 24.1 Å². The Morgan fingerprint density at radius 2 is 2.14 bits per heavy atom. The van der Waals surface area contributed by atoms with Crippen LogP contribution < -0.4 is 15.4 Å². The first kappa shape index (κ1) is 20.9. The molecule has 2 N–H and O–H groups in total. The Bertz CT molecular complexity index is 854. The maximum atomic E-state index is 12.0. The summed E-state index contributed by atoms with van der Waals surface area (Å²) < 4.78 is 5.73. The van der Waals surface area contributed by atoms with Gasteiger partial charge in [0.05, 0.1) is 12.6 Å². The first-order chi connectivity index (χ1) is 14.0. The van der Waals surface area contributed by atoms with Gasteiger partial charge in [0.15, 0.2) is 5.96 Å². The van der Waals surface area contributed by atoms with Gasteiger partial charge in [0.25, 0.3) is 0 Å². The van der Waals surface area contributed by atoms with Crippen LogP contribution in [0.2, 0.25) is 5.15 Å². The van der Waals surface area contributed by atoms with E-state index in [2.05, 4.69) is 20.6 Å². The number of likely N-dealkylation sites (N-methyl/N-ethyl adjacent to an activating group) is 1. The standard InChI is InChI=1S/C21H26ClN5O2/c1-27(2)20(28)14-25-21(23-11-9-15-7-8-19(22)24-13-15)26-17-10-12-29-18-6-4-3-5-16(17)18/h3-8,13,17H,9-12,14H2,1-2H3,(H2,23,25,26). The molecule has 1 unspecified atom stereocenters. The zero-order valence-electron chi connectivity index (χ0n) is 16.7. The molecular weight excluding hydrogens is 390 g/mol. The van der Waals surface area contributed by atoms with Crippen molar-refractivity contribution < 1.29 is 9.53 Å². The van der Waals surface area contributed by atoms with Crippen LogP contribution in [-0.2, 0) is 11.2 Å². The highest BCUT2D eigenvalue weighted by atomic mass is 35.5. The molecule has 1 atom stereocenters. The largest absolute Gasteiger partial charge is 0.493 e. The highest BCUT2D eigenvalue weighted by molar-refractivity contribution is 6.29. The van der Waals surface area contributed by atoms with Gasteiger partial charge in [-0.25, -0.2) is 9.98 Å². The van der Waals surface area contributed by atoms with Crippen LogP contribution >= 0.6 is 11.6 Å². The third kappa shape index (κ3) is 6.09. The van der Waals surface area contributed by atoms with Gasteiger partial charge < -0.3 is 20.3 Å². The molecule has 8 heteroatoms. The van der Waals surface area contributed by atoms with Crippen LogP contribution in [0.15, 0.2) is 47.6 Å². The molecule has 0 fully saturated rings. The fourth-order valence-electron chi connectivity index (χ4n) is 2.98. The number of guanidine groups is 1. The summed E-state index contributed by atoms with van der Waals surface area (Å²) in [5.74, 6) is 1.43. The van der Waals surface area contributed by atoms with Gasteiger partial charge >= 0.3 is 0 Å². The number of aromatic nitrogens is 1. The Kier molecular flexibility index (Phi) is 7.30. The normalized spacial score (nSPS) is 15.8. The van der Waals surface area contributed by atoms with Crippen LogP contribution in [0.3, 0.4) is 0 Å². The lowest BCUT2D eigenvalue weighted by Crippen LogP contribution is -2.42. The highest BCUT2D eigenvalue weighted by Gasteiger charge is 2.22. The number of carbonyl (C=O) groups is 1. The Morgan fingerprint density at radius 1 is 1.31 bits per heavy atom. The number of nitrogens with one attached hydrogen (secondary N) is 2. The number of nitrogens with zero attached hydrogens (tertiary/aromatic N) is 3. The molecule has 2 heterocycles. The Hall–Kier alpha value is -2.80. The third-order valence-corrected chi connectivity index (χ3v) is 4.86. The lowest BCUT2D eigenvalue weighted by atomic mass is 10.0. The summed E-state index contributed by atoms with van der Waals surface area (Å²) in [6.07, 6.45) is 3.34. The minimum absolute atomic E-state index is 0.0552. The molecule has 1 aliphatic rings. The second kappa shape index (κ2) is 10.1. The van der Waals surface area contributed by atoms with Crippen LogP contribution in [-0.4, -0.2) is 55.5 Å². The van der Waals surface area contributed by atoms with Gasteiger partial charge in [0, 0.05) is 38.8 Å². The first-order valence-corrected chi connectivity index (χ1v) is 9.98. The van der Waals surface area contributed by atoms with Crippen molar-refractivity contribution in [2.45, 2.75) is 18.9 Å². The number of ether oxygens (including phenoxy) is 1. The minimum Gasteiger partial charge on any atom is -0.493 e. The number of halogens is 1. The van der Waals surface area contributed by atoms with E-state index < -0.39 is 0 Å². The molecule has 2 aromatic rings. The summed E-state index contributed by atoms with van der Waals surface area (Å²) in [5.41, 5.74) is 2.16. The van der Waals surface area contributed by atoms with Crippen LogP contribution in [0.4, 0.5) is 0 Å². The third-order valence-electron chi connectivity index (χ3n) is 4.64. The Labute approximate surface area is 176 Å². The molecule has 1 aliphatic heterocycles. The summed E-state index contributed by atoms with van der Waals surface area (Å²) >= 11 is 5.84. The maximum absolute atomic E-state index is 12.0. The van der Waals surface area contributed by atoms with Crippen molar-refractivity contribution in [2.75, 3.05) is 33.8 Å². The van der Waals surface area contributed by atoms with Gasteiger partial charge in [-0.2, -0.15) is 0 Å². The fourth-order valence-corrected chi connectivity index (χ4v) is 3.09. The molecule has 154 valence electrons. The SMILES string of the molecule is CN(C)C(=O)CN=C(NCCc1ccc(Cl)nc1)NC1CCOc2ccccc21. The van der Waals surface area contributed by atoms with E-state index in [1.165, 1.54) is 4.90 Å². The molecule has 0 radical (unpaired) electrons. The fraction of sp³-hybridized carbons (Fsp3) is 0.381. The number of benzene rings is 1. The zero-order chi connectivity index (χ0) is 20.6. The number of rotatable bonds is 6. The number of para-hydroxylation sites is 1. The van der Waals surface area contributed by atoms with E-state index in [4.69, 9.17) is 16.3 Å². The summed E-state index contributed by atoms with van der Waals surface area (Å²) in [6.45, 7) is 1.36. The van der Waals surface area contributed by atoms with Crippen molar-refractivity contribution in [3.63, 3.8) is 0 Å². The van der Waals surface area contributed by atoms with Crippen molar-refractivity contribution in [3.05, 3.63) is 58.9 Å². The molecule has 1 amide bonds. The van der Waals surface area contributed by atoms with Crippen molar-refractivity contribution in [1.29, 1.82) is 0 Å². The predicted molar refractivity (Wildman–Crippen MR) is 114 cm³/mol. The molecule has 0 saturated heterocycles. The quantitative estimate of drug-likeness (QED) is 0.430. The van der Waals surface area contributed by atoms with Gasteiger partial charge in [-0.3, -0.25) is 4.79 Å². The van der Waals surface area contributed by atoms with Crippen LogP contribution in [0.1, 0.15) is 23.6 Å². The molecular formula is C21H26ClN5O2. The number of fused-ring (bicyclic) bond motifs is 1. The number of hydrogen-bond donors (Lipinski definition) is 2. The number of amides is 1. The van der Waals surface area contributed by atoms with E-state index in [1.54, 1.807) is 26.4 Å².